The normalized spacial score (nSPS) is 13.0. The van der Waals surface area contributed by atoms with Crippen molar-refractivity contribution in [3.8, 4) is 0 Å². The van der Waals surface area contributed by atoms with Gasteiger partial charge < -0.3 is 16.2 Å². The van der Waals surface area contributed by atoms with E-state index in [1.54, 1.807) is 0 Å². The van der Waals surface area contributed by atoms with E-state index < -0.39 is 29.6 Å². The molecule has 0 heterocycles. The van der Waals surface area contributed by atoms with Crippen LogP contribution in [0.25, 0.3) is 0 Å². The number of nitrogens with zero attached hydrogens (tertiary/aromatic N) is 1. The molecule has 0 aromatic heterocycles. The third kappa shape index (κ3) is 6.81. The van der Waals surface area contributed by atoms with Gasteiger partial charge in [-0.05, 0) is 31.0 Å². The first-order valence-electron chi connectivity index (χ1n) is 9.09. The number of aryl methyl sites for hydroxylation is 1. The first-order chi connectivity index (χ1) is 13.4. The summed E-state index contributed by atoms with van der Waals surface area (Å²) in [4.78, 5) is 40.2. The summed E-state index contributed by atoms with van der Waals surface area (Å²) in [5.41, 5.74) is 11.1. The number of hydrogen-bond acceptors (Lipinski definition) is 6. The average Bonchev–Trinajstić information content (AvgIpc) is 2.63. The van der Waals surface area contributed by atoms with Gasteiger partial charge in [0.1, 0.15) is 23.0 Å². The fraction of sp³-hybridized carbons (Fsp3) is 0.429. The van der Waals surface area contributed by atoms with Crippen LogP contribution in [-0.2, 0) is 20.7 Å². The Labute approximate surface area is 170 Å². The van der Waals surface area contributed by atoms with Crippen molar-refractivity contribution in [3.05, 3.63) is 46.4 Å². The Balaban J connectivity index is 2.88. The molecule has 8 heteroatoms. The molecule has 0 spiro atoms. The first-order valence-corrected chi connectivity index (χ1v) is 9.09. The van der Waals surface area contributed by atoms with Gasteiger partial charge in [-0.25, -0.2) is 9.18 Å². The van der Waals surface area contributed by atoms with Crippen LogP contribution in [0.15, 0.2) is 34.5 Å². The summed E-state index contributed by atoms with van der Waals surface area (Å²) in [6.45, 7) is 6.23. The second kappa shape index (κ2) is 9.95. The molecule has 4 N–H and O–H groups in total. The van der Waals surface area contributed by atoms with Crippen molar-refractivity contribution in [2.75, 3.05) is 13.7 Å². The lowest BCUT2D eigenvalue weighted by Gasteiger charge is -2.16. The van der Waals surface area contributed by atoms with Crippen LogP contribution >= 0.6 is 0 Å². The summed E-state index contributed by atoms with van der Waals surface area (Å²) < 4.78 is 19.0. The Morgan fingerprint density at radius 3 is 2.31 bits per heavy atom. The lowest BCUT2D eigenvalue weighted by Crippen LogP contribution is -2.27. The third-order valence-corrected chi connectivity index (χ3v) is 4.24. The van der Waals surface area contributed by atoms with Crippen molar-refractivity contribution in [3.63, 3.8) is 0 Å². The number of benzene rings is 1. The van der Waals surface area contributed by atoms with E-state index in [4.69, 9.17) is 16.2 Å². The lowest BCUT2D eigenvalue weighted by atomic mass is 9.87. The van der Waals surface area contributed by atoms with Crippen LogP contribution in [-0.4, -0.2) is 37.0 Å². The quantitative estimate of drug-likeness (QED) is 0.225. The predicted molar refractivity (Wildman–Crippen MR) is 109 cm³/mol. The van der Waals surface area contributed by atoms with Crippen molar-refractivity contribution >= 4 is 23.4 Å². The number of Topliss-reactive ketones (excluding diaryl/α,β-unsaturated/α-hetero) is 2. The van der Waals surface area contributed by atoms with Gasteiger partial charge in [0.05, 0.1) is 5.56 Å². The third-order valence-electron chi connectivity index (χ3n) is 4.24. The molecule has 1 aromatic rings. The number of ether oxygens (including phenoxy) is 1. The van der Waals surface area contributed by atoms with E-state index >= 15 is 0 Å². The van der Waals surface area contributed by atoms with Crippen molar-refractivity contribution in [2.24, 2.45) is 21.9 Å². The zero-order valence-corrected chi connectivity index (χ0v) is 17.5. The SMILES string of the molecule is CN=C(N)C(C(=O)OCC(=O)c1cc(CCC(=O)C(C)(C)C)ccc1F)=C(C)N. The number of hydrogen-bond donors (Lipinski definition) is 2. The van der Waals surface area contributed by atoms with Crippen LogP contribution in [0.4, 0.5) is 4.39 Å². The summed E-state index contributed by atoms with van der Waals surface area (Å²) in [6, 6.07) is 4.04. The highest BCUT2D eigenvalue weighted by molar-refractivity contribution is 6.19. The molecule has 0 amide bonds. The van der Waals surface area contributed by atoms with Crippen molar-refractivity contribution in [2.45, 2.75) is 40.5 Å². The lowest BCUT2D eigenvalue weighted by molar-refractivity contribution is -0.137. The number of aliphatic imine (C=N–C) groups is 1. The van der Waals surface area contributed by atoms with Gasteiger partial charge in [-0.1, -0.05) is 26.8 Å². The number of carbonyl (C=O) groups is 3. The Hall–Kier alpha value is -3.03. The number of esters is 1. The van der Waals surface area contributed by atoms with Crippen LogP contribution in [0.3, 0.4) is 0 Å². The Kier molecular flexibility index (Phi) is 8.24. The molecule has 0 saturated carbocycles. The Bertz CT molecular complexity index is 863. The Morgan fingerprint density at radius 1 is 1.17 bits per heavy atom. The molecule has 0 atom stereocenters. The largest absolute Gasteiger partial charge is 0.454 e. The molecule has 0 aliphatic heterocycles. The second-order valence-corrected chi connectivity index (χ2v) is 7.65. The molecule has 0 saturated heterocycles. The summed E-state index contributed by atoms with van der Waals surface area (Å²) >= 11 is 0. The van der Waals surface area contributed by atoms with Crippen molar-refractivity contribution in [1.82, 2.24) is 0 Å². The van der Waals surface area contributed by atoms with E-state index in [-0.39, 0.29) is 34.9 Å². The molecule has 0 aliphatic rings. The van der Waals surface area contributed by atoms with Crippen LogP contribution in [0, 0.1) is 11.2 Å². The van der Waals surface area contributed by atoms with Gasteiger partial charge in [-0.3, -0.25) is 14.6 Å². The fourth-order valence-corrected chi connectivity index (χ4v) is 2.43. The molecule has 158 valence electrons. The monoisotopic (exact) mass is 405 g/mol. The molecular formula is C21H28FN3O4. The second-order valence-electron chi connectivity index (χ2n) is 7.65. The first kappa shape index (κ1) is 24.0. The number of halogens is 1. The zero-order valence-electron chi connectivity index (χ0n) is 17.5. The maximum Gasteiger partial charge on any atom is 0.344 e. The van der Waals surface area contributed by atoms with Gasteiger partial charge in [0.2, 0.25) is 5.78 Å². The highest BCUT2D eigenvalue weighted by Crippen LogP contribution is 2.19. The van der Waals surface area contributed by atoms with E-state index in [1.807, 2.05) is 20.8 Å². The highest BCUT2D eigenvalue weighted by atomic mass is 19.1. The average molecular weight is 405 g/mol. The van der Waals surface area contributed by atoms with Crippen molar-refractivity contribution < 1.29 is 23.5 Å². The maximum absolute atomic E-state index is 14.1. The van der Waals surface area contributed by atoms with Crippen LogP contribution < -0.4 is 11.5 Å². The van der Waals surface area contributed by atoms with E-state index in [2.05, 4.69) is 4.99 Å². The molecule has 0 fully saturated rings. The van der Waals surface area contributed by atoms with Crippen LogP contribution in [0.1, 0.15) is 50.0 Å². The Morgan fingerprint density at radius 2 is 1.79 bits per heavy atom. The van der Waals surface area contributed by atoms with E-state index in [0.717, 1.165) is 6.07 Å². The molecule has 0 aliphatic carbocycles. The maximum atomic E-state index is 14.1. The highest BCUT2D eigenvalue weighted by Gasteiger charge is 2.22. The summed E-state index contributed by atoms with van der Waals surface area (Å²) in [5, 5.41) is 0. The summed E-state index contributed by atoms with van der Waals surface area (Å²) in [7, 11) is 1.38. The molecular weight excluding hydrogens is 377 g/mol. The van der Waals surface area contributed by atoms with E-state index in [1.165, 1.54) is 26.1 Å². The number of nitrogens with two attached hydrogens (primary N) is 2. The van der Waals surface area contributed by atoms with E-state index in [9.17, 15) is 18.8 Å². The molecule has 7 nitrogen and oxygen atoms in total. The van der Waals surface area contributed by atoms with Crippen LogP contribution in [0.2, 0.25) is 0 Å². The van der Waals surface area contributed by atoms with Gasteiger partial charge in [0.25, 0.3) is 0 Å². The van der Waals surface area contributed by atoms with Gasteiger partial charge in [-0.15, -0.1) is 0 Å². The zero-order chi connectivity index (χ0) is 22.4. The molecule has 0 bridgehead atoms. The topological polar surface area (TPSA) is 125 Å². The molecule has 0 unspecified atom stereocenters. The predicted octanol–water partition coefficient (Wildman–Crippen LogP) is 2.32. The number of amidine groups is 1. The van der Waals surface area contributed by atoms with Gasteiger partial charge in [0, 0.05) is 24.6 Å². The minimum atomic E-state index is -0.922. The number of carbonyl (C=O) groups excluding carboxylic acids is 3. The van der Waals surface area contributed by atoms with Gasteiger partial charge in [-0.2, -0.15) is 0 Å². The molecule has 0 radical (unpaired) electrons. The van der Waals surface area contributed by atoms with Gasteiger partial charge in [0.15, 0.2) is 6.61 Å². The van der Waals surface area contributed by atoms with Crippen LogP contribution in [0.5, 0.6) is 0 Å². The summed E-state index contributed by atoms with van der Waals surface area (Å²) in [5.74, 6) is -2.44. The smallest absolute Gasteiger partial charge is 0.344 e. The fourth-order valence-electron chi connectivity index (χ4n) is 2.43. The number of allylic oxidation sites excluding steroid dienone is 1. The molecule has 1 aromatic carbocycles. The number of ketones is 2. The molecule has 29 heavy (non-hydrogen) atoms. The van der Waals surface area contributed by atoms with E-state index in [0.29, 0.717) is 12.0 Å². The molecule has 1 rings (SSSR count). The summed E-state index contributed by atoms with van der Waals surface area (Å²) in [6.07, 6.45) is 0.649. The van der Waals surface area contributed by atoms with Crippen molar-refractivity contribution in [1.29, 1.82) is 0 Å². The number of rotatable bonds is 8. The van der Waals surface area contributed by atoms with Gasteiger partial charge >= 0.3 is 5.97 Å². The minimum absolute atomic E-state index is 0.0651. The standard InChI is InChI=1S/C21H28FN3O4/c1-12(23)18(19(24)25-5)20(28)29-11-16(26)14-10-13(6-8-15(14)22)7-9-17(27)21(2,3)4/h6,8,10H,7,9,11,23H2,1-5H3,(H2,24,25). The minimum Gasteiger partial charge on any atom is -0.454 e.